The Morgan fingerprint density at radius 1 is 1.30 bits per heavy atom. The number of nitrogens with one attached hydrogen (secondary N) is 1. The molecule has 128 valence electrons. The van der Waals surface area contributed by atoms with Crippen molar-refractivity contribution in [1.29, 1.82) is 0 Å². The first-order valence-corrected chi connectivity index (χ1v) is 9.39. The molecule has 0 aromatic heterocycles. The average Bonchev–Trinajstić information content (AvgIpc) is 2.47. The van der Waals surface area contributed by atoms with Crippen molar-refractivity contribution in [2.45, 2.75) is 49.5 Å². The van der Waals surface area contributed by atoms with Gasteiger partial charge in [-0.1, -0.05) is 0 Å². The van der Waals surface area contributed by atoms with Gasteiger partial charge in [-0.05, 0) is 56.6 Å². The van der Waals surface area contributed by atoms with Crippen LogP contribution in [-0.2, 0) is 14.8 Å². The molecule has 1 unspecified atom stereocenters. The van der Waals surface area contributed by atoms with Crippen molar-refractivity contribution in [3.05, 3.63) is 29.3 Å². The molecule has 1 aromatic carbocycles. The molecule has 23 heavy (non-hydrogen) atoms. The minimum Gasteiger partial charge on any atom is -0.375 e. The van der Waals surface area contributed by atoms with Gasteiger partial charge in [-0.15, -0.1) is 0 Å². The summed E-state index contributed by atoms with van der Waals surface area (Å²) in [6.45, 7) is 2.30. The minimum absolute atomic E-state index is 0.0634. The minimum atomic E-state index is -3.99. The third kappa shape index (κ3) is 3.41. The van der Waals surface area contributed by atoms with Crippen LogP contribution in [0.25, 0.3) is 0 Å². The largest absolute Gasteiger partial charge is 0.375 e. The number of rotatable bonds is 4. The summed E-state index contributed by atoms with van der Waals surface area (Å²) in [6, 6.07) is 1.64. The first-order valence-electron chi connectivity index (χ1n) is 7.91. The topological polar surface area (TPSA) is 55.4 Å². The van der Waals surface area contributed by atoms with E-state index in [1.54, 1.807) is 0 Å². The highest BCUT2D eigenvalue weighted by molar-refractivity contribution is 7.89. The number of sulfonamides is 1. The number of benzene rings is 1. The van der Waals surface area contributed by atoms with Gasteiger partial charge in [-0.3, -0.25) is 0 Å². The molecule has 1 saturated heterocycles. The van der Waals surface area contributed by atoms with Crippen LogP contribution in [0.2, 0.25) is 0 Å². The van der Waals surface area contributed by atoms with Crippen LogP contribution < -0.4 is 4.72 Å². The van der Waals surface area contributed by atoms with E-state index in [0.717, 1.165) is 38.2 Å². The molecular weight excluding hydrogens is 324 g/mol. The molecule has 0 radical (unpaired) electrons. The lowest BCUT2D eigenvalue weighted by atomic mass is 9.72. The summed E-state index contributed by atoms with van der Waals surface area (Å²) in [7, 11) is -3.99. The molecule has 0 bridgehead atoms. The molecule has 1 aliphatic carbocycles. The van der Waals surface area contributed by atoms with E-state index >= 15 is 0 Å². The van der Waals surface area contributed by atoms with Crippen LogP contribution in [0.15, 0.2) is 17.0 Å². The van der Waals surface area contributed by atoms with E-state index < -0.39 is 26.6 Å². The van der Waals surface area contributed by atoms with Crippen molar-refractivity contribution in [2.75, 3.05) is 13.2 Å². The molecule has 3 rings (SSSR count). The fourth-order valence-corrected chi connectivity index (χ4v) is 4.62. The lowest BCUT2D eigenvalue weighted by Crippen LogP contribution is -2.47. The molecule has 4 nitrogen and oxygen atoms in total. The second-order valence-electron chi connectivity index (χ2n) is 6.63. The summed E-state index contributed by atoms with van der Waals surface area (Å²) in [5.74, 6) is -1.63. The molecule has 1 atom stereocenters. The third-order valence-corrected chi connectivity index (χ3v) is 6.36. The summed E-state index contributed by atoms with van der Waals surface area (Å²) in [4.78, 5) is -0.498. The zero-order chi connectivity index (χ0) is 16.7. The second-order valence-corrected chi connectivity index (χ2v) is 8.36. The van der Waals surface area contributed by atoms with Gasteiger partial charge in [-0.25, -0.2) is 21.9 Å². The van der Waals surface area contributed by atoms with Gasteiger partial charge in [-0.2, -0.15) is 0 Å². The number of ether oxygens (including phenoxy) is 1. The predicted octanol–water partition coefficient (Wildman–Crippen LogP) is 2.90. The summed E-state index contributed by atoms with van der Waals surface area (Å²) >= 11 is 0. The first kappa shape index (κ1) is 16.8. The average molecular weight is 345 g/mol. The fraction of sp³-hybridized carbons (Fsp3) is 0.625. The summed E-state index contributed by atoms with van der Waals surface area (Å²) in [6.07, 6.45) is 4.83. The van der Waals surface area contributed by atoms with Gasteiger partial charge in [0, 0.05) is 19.2 Å². The molecular formula is C16H21F2NO3S. The number of hydrogen-bond donors (Lipinski definition) is 1. The SMILES string of the molecule is Cc1cc(S(=O)(=O)NCC2CCOC3(CCC3)C2)c(F)cc1F. The van der Waals surface area contributed by atoms with E-state index in [1.165, 1.54) is 6.92 Å². The van der Waals surface area contributed by atoms with Crippen LogP contribution in [0.3, 0.4) is 0 Å². The molecule has 7 heteroatoms. The second kappa shape index (κ2) is 6.11. The highest BCUT2D eigenvalue weighted by Gasteiger charge is 2.42. The predicted molar refractivity (Wildman–Crippen MR) is 81.5 cm³/mol. The maximum atomic E-state index is 13.8. The molecule has 1 spiro atoms. The van der Waals surface area contributed by atoms with Crippen LogP contribution in [0, 0.1) is 24.5 Å². The Balaban J connectivity index is 1.68. The van der Waals surface area contributed by atoms with Gasteiger partial charge in [0.1, 0.15) is 16.5 Å². The Labute approximate surface area is 135 Å². The van der Waals surface area contributed by atoms with E-state index in [2.05, 4.69) is 4.72 Å². The van der Waals surface area contributed by atoms with E-state index in [9.17, 15) is 17.2 Å². The molecule has 1 N–H and O–H groups in total. The number of aryl methyl sites for hydroxylation is 1. The Bertz CT molecular complexity index is 702. The van der Waals surface area contributed by atoms with E-state index in [4.69, 9.17) is 4.74 Å². The standard InChI is InChI=1S/C16H21F2NO3S/c1-11-7-15(14(18)8-13(11)17)23(20,21)19-10-12-3-6-22-16(9-12)4-2-5-16/h7-8,12,19H,2-6,9-10H2,1H3. The lowest BCUT2D eigenvalue weighted by molar-refractivity contribution is -0.142. The Morgan fingerprint density at radius 2 is 2.04 bits per heavy atom. The van der Waals surface area contributed by atoms with Gasteiger partial charge < -0.3 is 4.74 Å². The zero-order valence-corrected chi connectivity index (χ0v) is 13.9. The summed E-state index contributed by atoms with van der Waals surface area (Å²) in [5.41, 5.74) is 0.0396. The summed E-state index contributed by atoms with van der Waals surface area (Å²) in [5, 5.41) is 0. The first-order chi connectivity index (χ1) is 10.8. The van der Waals surface area contributed by atoms with Crippen LogP contribution in [0.1, 0.15) is 37.7 Å². The van der Waals surface area contributed by atoms with E-state index in [1.807, 2.05) is 0 Å². The smallest absolute Gasteiger partial charge is 0.243 e. The van der Waals surface area contributed by atoms with E-state index in [0.29, 0.717) is 12.7 Å². The van der Waals surface area contributed by atoms with Crippen LogP contribution >= 0.6 is 0 Å². The van der Waals surface area contributed by atoms with Crippen molar-refractivity contribution in [3.63, 3.8) is 0 Å². The van der Waals surface area contributed by atoms with Crippen molar-refractivity contribution < 1.29 is 21.9 Å². The van der Waals surface area contributed by atoms with Crippen molar-refractivity contribution in [3.8, 4) is 0 Å². The molecule has 1 heterocycles. The van der Waals surface area contributed by atoms with Gasteiger partial charge in [0.05, 0.1) is 5.60 Å². The van der Waals surface area contributed by atoms with Crippen LogP contribution in [-0.4, -0.2) is 27.2 Å². The Kier molecular flexibility index (Phi) is 4.46. The van der Waals surface area contributed by atoms with Crippen molar-refractivity contribution >= 4 is 10.0 Å². The molecule has 1 aliphatic heterocycles. The molecule has 2 aliphatic rings. The maximum absolute atomic E-state index is 13.8. The van der Waals surface area contributed by atoms with Crippen molar-refractivity contribution in [2.24, 2.45) is 5.92 Å². The molecule has 1 aromatic rings. The monoisotopic (exact) mass is 345 g/mol. The van der Waals surface area contributed by atoms with Gasteiger partial charge in [0.2, 0.25) is 10.0 Å². The highest BCUT2D eigenvalue weighted by atomic mass is 32.2. The Morgan fingerprint density at radius 3 is 2.70 bits per heavy atom. The highest BCUT2D eigenvalue weighted by Crippen LogP contribution is 2.44. The normalized spacial score (nSPS) is 23.7. The quantitative estimate of drug-likeness (QED) is 0.913. The van der Waals surface area contributed by atoms with Gasteiger partial charge in [0.15, 0.2) is 0 Å². The third-order valence-electron chi connectivity index (χ3n) is 4.92. The van der Waals surface area contributed by atoms with Crippen LogP contribution in [0.5, 0.6) is 0 Å². The Hall–Kier alpha value is -1.05. The molecule has 0 amide bonds. The summed E-state index contributed by atoms with van der Waals surface area (Å²) < 4.78 is 60.0. The molecule has 2 fully saturated rings. The zero-order valence-electron chi connectivity index (χ0n) is 13.1. The lowest BCUT2D eigenvalue weighted by Gasteiger charge is -2.47. The van der Waals surface area contributed by atoms with Gasteiger partial charge in [0.25, 0.3) is 0 Å². The van der Waals surface area contributed by atoms with Crippen LogP contribution in [0.4, 0.5) is 8.78 Å². The maximum Gasteiger partial charge on any atom is 0.243 e. The molecule has 1 saturated carbocycles. The fourth-order valence-electron chi connectivity index (χ4n) is 3.36. The number of hydrogen-bond acceptors (Lipinski definition) is 3. The van der Waals surface area contributed by atoms with Gasteiger partial charge >= 0.3 is 0 Å². The van der Waals surface area contributed by atoms with Crippen molar-refractivity contribution in [1.82, 2.24) is 4.72 Å². The van der Waals surface area contributed by atoms with E-state index in [-0.39, 0.29) is 23.6 Å². The number of halogens is 2.